The first-order valence-electron chi connectivity index (χ1n) is 7.57. The van der Waals surface area contributed by atoms with Crippen molar-refractivity contribution < 1.29 is 14.7 Å². The summed E-state index contributed by atoms with van der Waals surface area (Å²) >= 11 is 0. The number of rotatable bonds is 4. The van der Waals surface area contributed by atoms with Crippen molar-refractivity contribution in [2.24, 2.45) is 5.92 Å². The Kier molecular flexibility index (Phi) is 5.23. The number of nitrogens with one attached hydrogen (secondary N) is 1. The van der Waals surface area contributed by atoms with E-state index < -0.39 is 11.9 Å². The third-order valence-electron chi connectivity index (χ3n) is 4.37. The van der Waals surface area contributed by atoms with Crippen LogP contribution < -0.4 is 5.32 Å². The Bertz CT molecular complexity index is 356. The first-order chi connectivity index (χ1) is 9.58. The third kappa shape index (κ3) is 3.85. The number of carbonyl (C=O) groups is 2. The summed E-state index contributed by atoms with van der Waals surface area (Å²) in [6, 6.07) is 0.225. The number of hydrogen-bond donors (Lipinski definition) is 2. The molecule has 2 rings (SSSR count). The Balaban J connectivity index is 1.74. The van der Waals surface area contributed by atoms with Crippen molar-refractivity contribution in [2.45, 2.75) is 38.6 Å². The minimum absolute atomic E-state index is 0.123. The van der Waals surface area contributed by atoms with E-state index in [2.05, 4.69) is 17.1 Å². The summed E-state index contributed by atoms with van der Waals surface area (Å²) in [6.45, 7) is 5.98. The number of amides is 2. The number of hydrogen-bond acceptors (Lipinski definition) is 3. The Morgan fingerprint density at radius 3 is 2.60 bits per heavy atom. The van der Waals surface area contributed by atoms with Gasteiger partial charge in [-0.3, -0.25) is 9.69 Å². The van der Waals surface area contributed by atoms with Crippen LogP contribution in [0.3, 0.4) is 0 Å². The molecule has 0 bridgehead atoms. The molecule has 0 spiro atoms. The van der Waals surface area contributed by atoms with Gasteiger partial charge in [-0.1, -0.05) is 0 Å². The molecule has 2 fully saturated rings. The maximum Gasteiger partial charge on any atom is 0.317 e. The van der Waals surface area contributed by atoms with Crippen LogP contribution in [-0.4, -0.2) is 65.7 Å². The molecular weight excluding hydrogens is 258 g/mol. The zero-order valence-electron chi connectivity index (χ0n) is 12.2. The molecule has 2 atom stereocenters. The van der Waals surface area contributed by atoms with E-state index in [1.54, 1.807) is 4.90 Å². The molecule has 0 aromatic heterocycles. The summed E-state index contributed by atoms with van der Waals surface area (Å²) in [7, 11) is 0. The number of nitrogens with zero attached hydrogens (tertiary/aromatic N) is 2. The Labute approximate surface area is 120 Å². The maximum atomic E-state index is 12.1. The van der Waals surface area contributed by atoms with Crippen molar-refractivity contribution in [2.75, 3.05) is 32.7 Å². The molecule has 114 valence electrons. The monoisotopic (exact) mass is 283 g/mol. The molecule has 0 radical (unpaired) electrons. The maximum absolute atomic E-state index is 12.1. The van der Waals surface area contributed by atoms with Crippen LogP contribution in [0.4, 0.5) is 4.79 Å². The Hall–Kier alpha value is -1.30. The summed E-state index contributed by atoms with van der Waals surface area (Å²) in [5, 5.41) is 12.0. The van der Waals surface area contributed by atoms with Gasteiger partial charge in [0.25, 0.3) is 0 Å². The molecule has 20 heavy (non-hydrogen) atoms. The van der Waals surface area contributed by atoms with Crippen LogP contribution >= 0.6 is 0 Å². The topological polar surface area (TPSA) is 72.9 Å². The number of carbonyl (C=O) groups excluding carboxylic acids is 1. The smallest absolute Gasteiger partial charge is 0.317 e. The molecule has 2 aliphatic heterocycles. The Morgan fingerprint density at radius 1 is 1.25 bits per heavy atom. The number of aliphatic carboxylic acids is 1. The second kappa shape index (κ2) is 6.92. The van der Waals surface area contributed by atoms with Crippen LogP contribution in [0.15, 0.2) is 0 Å². The van der Waals surface area contributed by atoms with E-state index in [1.165, 1.54) is 12.8 Å². The van der Waals surface area contributed by atoms with Crippen LogP contribution in [0.5, 0.6) is 0 Å². The second-order valence-electron chi connectivity index (χ2n) is 5.90. The molecular formula is C14H25N3O3. The molecule has 2 saturated heterocycles. The second-order valence-corrected chi connectivity index (χ2v) is 5.90. The van der Waals surface area contributed by atoms with Crippen LogP contribution in [0.1, 0.15) is 32.6 Å². The molecule has 6 nitrogen and oxygen atoms in total. The lowest BCUT2D eigenvalue weighted by Crippen LogP contribution is -2.49. The molecule has 0 aromatic rings. The van der Waals surface area contributed by atoms with Crippen molar-refractivity contribution in [3.63, 3.8) is 0 Å². The van der Waals surface area contributed by atoms with Gasteiger partial charge in [0.15, 0.2) is 0 Å². The molecule has 2 aliphatic rings. The molecule has 2 heterocycles. The predicted molar refractivity (Wildman–Crippen MR) is 75.6 cm³/mol. The quantitative estimate of drug-likeness (QED) is 0.806. The molecule has 1 unspecified atom stereocenters. The molecule has 2 N–H and O–H groups in total. The number of carboxylic acid groups (broad SMARTS) is 1. The van der Waals surface area contributed by atoms with Crippen molar-refractivity contribution >= 4 is 12.0 Å². The van der Waals surface area contributed by atoms with Gasteiger partial charge < -0.3 is 15.3 Å². The third-order valence-corrected chi connectivity index (χ3v) is 4.37. The van der Waals surface area contributed by atoms with Gasteiger partial charge >= 0.3 is 12.0 Å². The SMILES string of the molecule is CC(CNC(=O)N1CCC[C@H](C(=O)O)C1)N1CCCC1. The highest BCUT2D eigenvalue weighted by molar-refractivity contribution is 5.76. The van der Waals surface area contributed by atoms with Gasteiger partial charge in [-0.25, -0.2) is 4.79 Å². The molecule has 0 aliphatic carbocycles. The molecule has 6 heteroatoms. The van der Waals surface area contributed by atoms with Crippen LogP contribution in [0.25, 0.3) is 0 Å². The number of carboxylic acids is 1. The van der Waals surface area contributed by atoms with Crippen LogP contribution in [0.2, 0.25) is 0 Å². The molecule has 0 saturated carbocycles. The van der Waals surface area contributed by atoms with E-state index in [-0.39, 0.29) is 6.03 Å². The van der Waals surface area contributed by atoms with Gasteiger partial charge in [-0.2, -0.15) is 0 Å². The zero-order chi connectivity index (χ0) is 14.5. The molecule has 2 amide bonds. The predicted octanol–water partition coefficient (Wildman–Crippen LogP) is 0.977. The van der Waals surface area contributed by atoms with Crippen molar-refractivity contribution in [1.29, 1.82) is 0 Å². The first-order valence-corrected chi connectivity index (χ1v) is 7.57. The van der Waals surface area contributed by atoms with E-state index in [1.807, 2.05) is 0 Å². The van der Waals surface area contributed by atoms with E-state index in [0.717, 1.165) is 19.5 Å². The highest BCUT2D eigenvalue weighted by Gasteiger charge is 2.28. The first kappa shape index (κ1) is 15.1. The summed E-state index contributed by atoms with van der Waals surface area (Å²) in [6.07, 6.45) is 3.92. The van der Waals surface area contributed by atoms with Crippen molar-refractivity contribution in [3.05, 3.63) is 0 Å². The van der Waals surface area contributed by atoms with Crippen LogP contribution in [0, 0.1) is 5.92 Å². The van der Waals surface area contributed by atoms with Gasteiger partial charge in [0, 0.05) is 25.7 Å². The average molecular weight is 283 g/mol. The number of likely N-dealkylation sites (tertiary alicyclic amines) is 2. The van der Waals surface area contributed by atoms with E-state index >= 15 is 0 Å². The lowest BCUT2D eigenvalue weighted by atomic mass is 9.99. The zero-order valence-corrected chi connectivity index (χ0v) is 12.2. The van der Waals surface area contributed by atoms with E-state index in [9.17, 15) is 9.59 Å². The fraction of sp³-hybridized carbons (Fsp3) is 0.857. The van der Waals surface area contributed by atoms with Crippen LogP contribution in [-0.2, 0) is 4.79 Å². The minimum atomic E-state index is -0.798. The Morgan fingerprint density at radius 2 is 1.95 bits per heavy atom. The standard InChI is InChI=1S/C14H25N3O3/c1-11(16-6-2-3-7-16)9-15-14(20)17-8-4-5-12(10-17)13(18)19/h11-12H,2-10H2,1H3,(H,15,20)(H,18,19)/t11?,12-/m0/s1. The number of piperidine rings is 1. The van der Waals surface area contributed by atoms with Crippen molar-refractivity contribution in [3.8, 4) is 0 Å². The van der Waals surface area contributed by atoms with Gasteiger partial charge in [-0.15, -0.1) is 0 Å². The average Bonchev–Trinajstić information content (AvgIpc) is 2.98. The fourth-order valence-corrected chi connectivity index (χ4v) is 3.02. The van der Waals surface area contributed by atoms with Gasteiger partial charge in [0.2, 0.25) is 0 Å². The summed E-state index contributed by atoms with van der Waals surface area (Å²) in [5.41, 5.74) is 0. The van der Waals surface area contributed by atoms with Gasteiger partial charge in [0.1, 0.15) is 0 Å². The highest BCUT2D eigenvalue weighted by Crippen LogP contribution is 2.16. The summed E-state index contributed by atoms with van der Waals surface area (Å²) < 4.78 is 0. The van der Waals surface area contributed by atoms with Crippen molar-refractivity contribution in [1.82, 2.24) is 15.1 Å². The highest BCUT2D eigenvalue weighted by atomic mass is 16.4. The fourth-order valence-electron chi connectivity index (χ4n) is 3.02. The van der Waals surface area contributed by atoms with Gasteiger partial charge in [-0.05, 0) is 45.7 Å². The lowest BCUT2D eigenvalue weighted by Gasteiger charge is -2.32. The van der Waals surface area contributed by atoms with Gasteiger partial charge in [0.05, 0.1) is 5.92 Å². The minimum Gasteiger partial charge on any atom is -0.481 e. The van der Waals surface area contributed by atoms with E-state index in [0.29, 0.717) is 32.1 Å². The summed E-state index contributed by atoms with van der Waals surface area (Å²) in [5.74, 6) is -1.21. The lowest BCUT2D eigenvalue weighted by molar-refractivity contribution is -0.143. The number of urea groups is 1. The normalized spacial score (nSPS) is 25.4. The largest absolute Gasteiger partial charge is 0.481 e. The molecule has 0 aromatic carbocycles. The van der Waals surface area contributed by atoms with E-state index in [4.69, 9.17) is 5.11 Å². The summed E-state index contributed by atoms with van der Waals surface area (Å²) in [4.78, 5) is 27.1.